The lowest BCUT2D eigenvalue weighted by Gasteiger charge is -2.02. The van der Waals surface area contributed by atoms with Crippen LogP contribution in [0.5, 0.6) is 0 Å². The van der Waals surface area contributed by atoms with Gasteiger partial charge in [-0.25, -0.2) is 4.98 Å². The predicted molar refractivity (Wildman–Crippen MR) is 65.6 cm³/mol. The van der Waals surface area contributed by atoms with Gasteiger partial charge in [-0.05, 0) is 18.2 Å². The monoisotopic (exact) mass is 267 g/mol. The van der Waals surface area contributed by atoms with Gasteiger partial charge in [0.1, 0.15) is 0 Å². The quantitative estimate of drug-likeness (QED) is 0.918. The molecule has 0 saturated heterocycles. The number of hydrogen-bond acceptors (Lipinski definition) is 5. The molecular weight excluding hydrogens is 260 g/mol. The van der Waals surface area contributed by atoms with Crippen molar-refractivity contribution in [2.45, 2.75) is 6.42 Å². The number of halogens is 1. The summed E-state index contributed by atoms with van der Waals surface area (Å²) in [6, 6.07) is 7.21. The lowest BCUT2D eigenvalue weighted by Crippen LogP contribution is -2.24. The minimum absolute atomic E-state index is 0.173. The lowest BCUT2D eigenvalue weighted by atomic mass is 10.3. The Bertz CT molecular complexity index is 542. The molecule has 17 heavy (non-hydrogen) atoms. The highest BCUT2D eigenvalue weighted by molar-refractivity contribution is 7.13. The maximum atomic E-state index is 10.4. The number of nitrogens with zero attached hydrogens (tertiary/aromatic N) is 1. The molecule has 0 radical (unpaired) electrons. The van der Waals surface area contributed by atoms with Crippen LogP contribution >= 0.6 is 22.9 Å². The van der Waals surface area contributed by atoms with Gasteiger partial charge >= 0.3 is 0 Å². The van der Waals surface area contributed by atoms with Crippen LogP contribution in [-0.2, 0) is 11.2 Å². The predicted octanol–water partition coefficient (Wildman–Crippen LogP) is 1.83. The standard InChI is InChI=1S/C11H9ClN2O2S/c12-7-2-1-3-8(4-7)13-11-14-9(6-17-11)5-10(15)16/h1-4,6H,5H2,(H,13,14)(H,15,16)/p-1. The maximum Gasteiger partial charge on any atom is 0.187 e. The van der Waals surface area contributed by atoms with Crippen molar-refractivity contribution in [3.05, 3.63) is 40.4 Å². The second kappa shape index (κ2) is 5.16. The van der Waals surface area contributed by atoms with Crippen molar-refractivity contribution < 1.29 is 9.90 Å². The zero-order valence-corrected chi connectivity index (χ0v) is 10.2. The molecule has 1 heterocycles. The number of aliphatic carboxylic acids is 1. The van der Waals surface area contributed by atoms with Gasteiger partial charge in [-0.2, -0.15) is 0 Å². The van der Waals surface area contributed by atoms with Crippen molar-refractivity contribution in [1.82, 2.24) is 4.98 Å². The van der Waals surface area contributed by atoms with E-state index in [1.165, 1.54) is 11.3 Å². The lowest BCUT2D eigenvalue weighted by molar-refractivity contribution is -0.304. The molecule has 0 fully saturated rings. The van der Waals surface area contributed by atoms with E-state index in [0.717, 1.165) is 5.69 Å². The van der Waals surface area contributed by atoms with E-state index in [1.54, 1.807) is 17.5 Å². The highest BCUT2D eigenvalue weighted by atomic mass is 35.5. The molecule has 0 amide bonds. The molecular formula is C11H8ClN2O2S-. The van der Waals surface area contributed by atoms with Crippen LogP contribution in [0.3, 0.4) is 0 Å². The van der Waals surface area contributed by atoms with E-state index in [2.05, 4.69) is 10.3 Å². The number of hydrogen-bond donors (Lipinski definition) is 1. The summed E-state index contributed by atoms with van der Waals surface area (Å²) in [6.07, 6.45) is -0.173. The Morgan fingerprint density at radius 1 is 1.53 bits per heavy atom. The maximum absolute atomic E-state index is 10.4. The Kier molecular flexibility index (Phi) is 3.61. The van der Waals surface area contributed by atoms with Gasteiger partial charge < -0.3 is 15.2 Å². The molecule has 1 N–H and O–H groups in total. The number of carbonyl (C=O) groups is 1. The largest absolute Gasteiger partial charge is 0.550 e. The van der Waals surface area contributed by atoms with Gasteiger partial charge in [-0.1, -0.05) is 17.7 Å². The number of aromatic nitrogens is 1. The van der Waals surface area contributed by atoms with E-state index in [1.807, 2.05) is 12.1 Å². The summed E-state index contributed by atoms with van der Waals surface area (Å²) in [5, 5.41) is 16.4. The topological polar surface area (TPSA) is 65.0 Å². The Labute approximate surface area is 107 Å². The summed E-state index contributed by atoms with van der Waals surface area (Å²) in [5.41, 5.74) is 1.30. The number of anilines is 2. The third-order valence-electron chi connectivity index (χ3n) is 1.95. The Morgan fingerprint density at radius 3 is 3.06 bits per heavy atom. The minimum Gasteiger partial charge on any atom is -0.550 e. The van der Waals surface area contributed by atoms with Crippen LogP contribution in [0.1, 0.15) is 5.69 Å². The Hall–Kier alpha value is -1.59. The summed E-state index contributed by atoms with van der Waals surface area (Å²) >= 11 is 7.18. The van der Waals surface area contributed by atoms with Crippen molar-refractivity contribution in [2.24, 2.45) is 0 Å². The van der Waals surface area contributed by atoms with Gasteiger partial charge in [0.2, 0.25) is 0 Å². The summed E-state index contributed by atoms with van der Waals surface area (Å²) in [5.74, 6) is -1.13. The van der Waals surface area contributed by atoms with E-state index in [9.17, 15) is 9.90 Å². The van der Waals surface area contributed by atoms with Crippen molar-refractivity contribution in [1.29, 1.82) is 0 Å². The fraction of sp³-hybridized carbons (Fsp3) is 0.0909. The smallest absolute Gasteiger partial charge is 0.187 e. The Balaban J connectivity index is 2.08. The Morgan fingerprint density at radius 2 is 2.35 bits per heavy atom. The van der Waals surface area contributed by atoms with Crippen LogP contribution < -0.4 is 10.4 Å². The molecule has 88 valence electrons. The molecule has 0 aliphatic heterocycles. The van der Waals surface area contributed by atoms with Crippen LogP contribution in [0.4, 0.5) is 10.8 Å². The third-order valence-corrected chi connectivity index (χ3v) is 2.99. The van der Waals surface area contributed by atoms with E-state index in [-0.39, 0.29) is 6.42 Å². The zero-order valence-electron chi connectivity index (χ0n) is 8.64. The molecule has 0 bridgehead atoms. The average molecular weight is 268 g/mol. The molecule has 0 spiro atoms. The van der Waals surface area contributed by atoms with Gasteiger partial charge in [0.05, 0.1) is 5.69 Å². The highest BCUT2D eigenvalue weighted by Crippen LogP contribution is 2.23. The molecule has 0 aliphatic rings. The first kappa shape index (κ1) is 11.9. The summed E-state index contributed by atoms with van der Waals surface area (Å²) in [7, 11) is 0. The number of carboxylic acids is 1. The normalized spacial score (nSPS) is 10.2. The molecule has 0 atom stereocenters. The molecule has 1 aromatic heterocycles. The number of benzene rings is 1. The van der Waals surface area contributed by atoms with Crippen LogP contribution in [0.25, 0.3) is 0 Å². The van der Waals surface area contributed by atoms with Gasteiger partial charge in [-0.15, -0.1) is 11.3 Å². The summed E-state index contributed by atoms with van der Waals surface area (Å²) < 4.78 is 0. The van der Waals surface area contributed by atoms with Crippen molar-refractivity contribution in [3.8, 4) is 0 Å². The summed E-state index contributed by atoms with van der Waals surface area (Å²) in [6.45, 7) is 0. The molecule has 0 aliphatic carbocycles. The van der Waals surface area contributed by atoms with Gasteiger partial charge in [-0.3, -0.25) is 0 Å². The average Bonchev–Trinajstić information content (AvgIpc) is 2.64. The van der Waals surface area contributed by atoms with Crippen molar-refractivity contribution in [2.75, 3.05) is 5.32 Å². The van der Waals surface area contributed by atoms with Gasteiger partial charge in [0, 0.05) is 28.5 Å². The molecule has 6 heteroatoms. The molecule has 2 rings (SSSR count). The first-order valence-corrected chi connectivity index (χ1v) is 6.06. The first-order chi connectivity index (χ1) is 8.13. The molecule has 0 saturated carbocycles. The SMILES string of the molecule is O=C([O-])Cc1csc(Nc2cccc(Cl)c2)n1. The minimum atomic E-state index is -1.13. The fourth-order valence-corrected chi connectivity index (χ4v) is 2.20. The zero-order chi connectivity index (χ0) is 12.3. The van der Waals surface area contributed by atoms with Crippen molar-refractivity contribution >= 4 is 39.7 Å². The van der Waals surface area contributed by atoms with Gasteiger partial charge in [0.25, 0.3) is 0 Å². The third kappa shape index (κ3) is 3.44. The number of carboxylic acid groups (broad SMARTS) is 1. The highest BCUT2D eigenvalue weighted by Gasteiger charge is 2.02. The van der Waals surface area contributed by atoms with Crippen LogP contribution in [0.2, 0.25) is 5.02 Å². The van der Waals surface area contributed by atoms with E-state index in [0.29, 0.717) is 15.8 Å². The fourth-order valence-electron chi connectivity index (χ4n) is 1.28. The van der Waals surface area contributed by atoms with E-state index in [4.69, 9.17) is 11.6 Å². The van der Waals surface area contributed by atoms with Crippen LogP contribution in [0, 0.1) is 0 Å². The number of rotatable bonds is 4. The molecule has 2 aromatic rings. The number of carbonyl (C=O) groups excluding carboxylic acids is 1. The number of nitrogens with one attached hydrogen (secondary N) is 1. The van der Waals surface area contributed by atoms with Crippen molar-refractivity contribution in [3.63, 3.8) is 0 Å². The van der Waals surface area contributed by atoms with E-state index >= 15 is 0 Å². The molecule has 1 aromatic carbocycles. The second-order valence-corrected chi connectivity index (χ2v) is 4.62. The van der Waals surface area contributed by atoms with E-state index < -0.39 is 5.97 Å². The van der Waals surface area contributed by atoms with Crippen LogP contribution in [0.15, 0.2) is 29.6 Å². The second-order valence-electron chi connectivity index (χ2n) is 3.33. The first-order valence-electron chi connectivity index (χ1n) is 4.80. The molecule has 4 nitrogen and oxygen atoms in total. The van der Waals surface area contributed by atoms with Crippen LogP contribution in [-0.4, -0.2) is 11.0 Å². The van der Waals surface area contributed by atoms with Gasteiger partial charge in [0.15, 0.2) is 5.13 Å². The molecule has 0 unspecified atom stereocenters. The number of thiazole rings is 1. The summed E-state index contributed by atoms with van der Waals surface area (Å²) in [4.78, 5) is 14.5.